The maximum absolute atomic E-state index is 16.4. The van der Waals surface area contributed by atoms with Crippen LogP contribution in [0, 0.1) is 6.92 Å². The summed E-state index contributed by atoms with van der Waals surface area (Å²) in [5, 5.41) is 0. The van der Waals surface area contributed by atoms with Gasteiger partial charge in [0.1, 0.15) is 21.3 Å². The van der Waals surface area contributed by atoms with Crippen LogP contribution in [0.2, 0.25) is 0 Å². The number of rotatable bonds is 7. The van der Waals surface area contributed by atoms with Gasteiger partial charge in [-0.1, -0.05) is 178 Å². The number of fused-ring (bicyclic) bond motifs is 12. The first-order valence-electron chi connectivity index (χ1n) is 30.3. The van der Waals surface area contributed by atoms with Gasteiger partial charge in [0.2, 0.25) is 0 Å². The van der Waals surface area contributed by atoms with Crippen molar-refractivity contribution in [3.05, 3.63) is 266 Å². The van der Waals surface area contributed by atoms with Crippen LogP contribution in [0.4, 0.5) is 124 Å². The van der Waals surface area contributed by atoms with E-state index < -0.39 is 50.4 Å². The van der Waals surface area contributed by atoms with Crippen LogP contribution in [0.25, 0.3) is 0 Å². The number of ether oxygens (including phenoxy) is 1. The number of hydrogen-bond acceptors (Lipinski definition) is 6. The second kappa shape index (κ2) is 18.1. The summed E-state index contributed by atoms with van der Waals surface area (Å²) < 4.78 is 169. The van der Waals surface area contributed by atoms with Gasteiger partial charge in [-0.05, 0) is 183 Å². The third kappa shape index (κ3) is 8.38. The fourth-order valence-electron chi connectivity index (χ4n) is 15.4. The number of para-hydroxylation sites is 7. The molecule has 0 spiro atoms. The quantitative estimate of drug-likeness (QED) is 0.117. The van der Waals surface area contributed by atoms with Crippen molar-refractivity contribution in [2.45, 2.75) is 16.7 Å². The first kappa shape index (κ1) is 56.4. The van der Waals surface area contributed by atoms with Crippen LogP contribution < -0.4 is 78.4 Å². The molecule has 0 radical (unpaired) electrons. The summed E-state index contributed by atoms with van der Waals surface area (Å²) in [5.41, 5.74) is 10.1. The van der Waals surface area contributed by atoms with Gasteiger partial charge in [0.15, 0.2) is 0 Å². The molecule has 460 valence electrons. The second-order valence-electron chi connectivity index (χ2n) is 24.7. The van der Waals surface area contributed by atoms with Gasteiger partial charge in [-0.15, -0.1) is 0 Å². The lowest BCUT2D eigenvalue weighted by Crippen LogP contribution is -2.66. The summed E-state index contributed by atoms with van der Waals surface area (Å²) in [4.78, 5) is 4.06. The Labute approximate surface area is 534 Å². The Hall–Kier alpha value is -10.4. The molecule has 6 aliphatic heterocycles. The molecule has 94 heavy (non-hydrogen) atoms. The molecule has 0 aromatic heterocycles. The molecule has 0 N–H and O–H groups in total. The number of halogens is 10. The molecule has 0 bridgehead atoms. The lowest BCUT2D eigenvalue weighted by Gasteiger charge is -2.49. The standard InChI is InChI=1S/C73H46B3F10N5OS2/c1-45-35-64-73-70(36-45)92-69-34-20-18-32-54(69)75(73)56-42-58-63(44-61(56)88(64)47-23-9-3-10-24-47)91(50-29-15-6-16-30-50)68-40-52(94(82,83,84,85)86)39-67-72(68)76(58)57-41-55-60(43-62(57)90(67)49-27-13-5-14-28-49)89(48-25-11-4-12-26-48)66-38-51(93(77,78,79,80)81)37-65-71(66)74(55)53-31-17-19-33-59(53)87(65)46-21-7-2-8-22-46/h2-44H,1H3. The Morgan fingerprint density at radius 3 is 0.926 bits per heavy atom. The molecule has 6 heterocycles. The van der Waals surface area contributed by atoms with Crippen LogP contribution in [0.15, 0.2) is 271 Å². The third-order valence-corrected chi connectivity index (χ3v) is 21.3. The van der Waals surface area contributed by atoms with Crippen molar-refractivity contribution in [2.24, 2.45) is 0 Å². The minimum Gasteiger partial charge on any atom is -0.458 e. The van der Waals surface area contributed by atoms with E-state index in [2.05, 4.69) is 17.0 Å². The number of benzene rings is 12. The van der Waals surface area contributed by atoms with Crippen LogP contribution in [-0.4, -0.2) is 20.1 Å². The van der Waals surface area contributed by atoms with E-state index in [1.807, 2.05) is 91.9 Å². The molecule has 0 unspecified atom stereocenters. The highest BCUT2D eigenvalue weighted by Crippen LogP contribution is 3.03. The van der Waals surface area contributed by atoms with Crippen molar-refractivity contribution >= 4 is 175 Å². The van der Waals surface area contributed by atoms with Gasteiger partial charge in [0.25, 0.3) is 20.1 Å². The van der Waals surface area contributed by atoms with Crippen LogP contribution in [0.3, 0.4) is 0 Å². The molecule has 21 heteroatoms. The Morgan fingerprint density at radius 1 is 0.255 bits per heavy atom. The summed E-state index contributed by atoms with van der Waals surface area (Å²) in [6.45, 7) is -0.594. The summed E-state index contributed by atoms with van der Waals surface area (Å²) in [6.07, 6.45) is 0. The first-order chi connectivity index (χ1) is 44.8. The highest BCUT2D eigenvalue weighted by Gasteiger charge is 2.68. The molecule has 0 aliphatic carbocycles. The SMILES string of the molecule is Cc1cc2c3c(c1)N(c1ccccc1)c1cc4c(cc1B3c1ccccc1O2)B1c2cc3c(cc2N(c2ccccc2)c2cc(S(F)(F)(F)(F)F)cc(c21)N4c1ccccc1)N(c1ccccc1)c1cc(S(F)(F)(F)(F)F)cc2c1B3c1ccccc1N2c1ccccc1. The van der Waals surface area contributed by atoms with Crippen molar-refractivity contribution in [1.29, 1.82) is 0 Å². The van der Waals surface area contributed by atoms with Crippen molar-refractivity contribution in [3.8, 4) is 11.5 Å². The van der Waals surface area contributed by atoms with Gasteiger partial charge in [-0.2, -0.15) is 0 Å². The Bertz CT molecular complexity index is 5290. The van der Waals surface area contributed by atoms with E-state index in [-0.39, 0.29) is 56.4 Å². The molecular weight excluding hydrogens is 1250 g/mol. The highest BCUT2D eigenvalue weighted by atomic mass is 32.5. The molecular formula is C73H46B3F10N5OS2. The van der Waals surface area contributed by atoms with E-state index >= 15 is 38.9 Å². The summed E-state index contributed by atoms with van der Waals surface area (Å²) in [6, 6.07) is 72.4. The number of hydrogen-bond donors (Lipinski definition) is 0. The largest absolute Gasteiger partial charge is 0.458 e. The Morgan fingerprint density at radius 2 is 0.553 bits per heavy atom. The van der Waals surface area contributed by atoms with Crippen molar-refractivity contribution < 1.29 is 43.6 Å². The van der Waals surface area contributed by atoms with Gasteiger partial charge in [0, 0.05) is 85.3 Å². The molecule has 0 atom stereocenters. The third-order valence-electron chi connectivity index (χ3n) is 19.0. The van der Waals surface area contributed by atoms with Crippen LogP contribution in [-0.2, 0) is 0 Å². The van der Waals surface area contributed by atoms with Crippen LogP contribution >= 0.6 is 20.4 Å². The monoisotopic (exact) mass is 1300 g/mol. The minimum atomic E-state index is -10.7. The topological polar surface area (TPSA) is 25.4 Å². The van der Waals surface area contributed by atoms with Gasteiger partial charge in [0.05, 0.1) is 0 Å². The summed E-state index contributed by atoms with van der Waals surface area (Å²) in [7, 11) is -21.3. The summed E-state index contributed by atoms with van der Waals surface area (Å²) >= 11 is 0. The number of anilines is 15. The zero-order valence-corrected chi connectivity index (χ0v) is 50.9. The van der Waals surface area contributed by atoms with E-state index in [9.17, 15) is 0 Å². The maximum Gasteiger partial charge on any atom is 0.310 e. The van der Waals surface area contributed by atoms with Gasteiger partial charge in [-0.3, -0.25) is 0 Å². The molecule has 18 rings (SSSR count). The van der Waals surface area contributed by atoms with Crippen LogP contribution in [0.1, 0.15) is 5.56 Å². The van der Waals surface area contributed by atoms with E-state index in [1.54, 1.807) is 149 Å². The zero-order valence-electron chi connectivity index (χ0n) is 49.3. The highest BCUT2D eigenvalue weighted by molar-refractivity contribution is 8.46. The van der Waals surface area contributed by atoms with Crippen molar-refractivity contribution in [2.75, 3.05) is 24.5 Å². The molecule has 0 saturated carbocycles. The normalized spacial score (nSPS) is 15.9. The maximum atomic E-state index is 16.4. The van der Waals surface area contributed by atoms with Gasteiger partial charge in [-0.25, -0.2) is 0 Å². The van der Waals surface area contributed by atoms with E-state index in [1.165, 1.54) is 9.80 Å². The molecule has 12 aromatic rings. The zero-order chi connectivity index (χ0) is 64.3. The average Bonchev–Trinajstić information content (AvgIpc) is 0.679. The lowest BCUT2D eigenvalue weighted by molar-refractivity contribution is 0.360. The first-order valence-corrected chi connectivity index (χ1v) is 34.2. The number of nitrogens with zero attached hydrogens (tertiary/aromatic N) is 5. The molecule has 6 aliphatic rings. The predicted octanol–water partition coefficient (Wildman–Crippen LogP) is 17.9. The van der Waals surface area contributed by atoms with Crippen molar-refractivity contribution in [3.63, 3.8) is 0 Å². The molecule has 0 saturated heterocycles. The molecule has 12 aromatic carbocycles. The van der Waals surface area contributed by atoms with Crippen molar-refractivity contribution in [1.82, 2.24) is 0 Å². The van der Waals surface area contributed by atoms with E-state index in [0.29, 0.717) is 86.1 Å². The smallest absolute Gasteiger partial charge is 0.310 e. The van der Waals surface area contributed by atoms with E-state index in [4.69, 9.17) is 4.74 Å². The average molecular weight is 1300 g/mol. The predicted molar refractivity (Wildman–Crippen MR) is 368 cm³/mol. The molecule has 0 fully saturated rings. The lowest BCUT2D eigenvalue weighted by atomic mass is 9.29. The Kier molecular flexibility index (Phi) is 10.8. The minimum absolute atomic E-state index is 0.148. The second-order valence-corrected chi connectivity index (χ2v) is 29.5. The summed E-state index contributed by atoms with van der Waals surface area (Å²) in [5.74, 6) is 1.25. The molecule has 6 nitrogen and oxygen atoms in total. The Balaban J connectivity index is 1.01. The fourth-order valence-corrected chi connectivity index (χ4v) is 16.8. The van der Waals surface area contributed by atoms with Gasteiger partial charge < -0.3 is 29.2 Å². The fraction of sp³-hybridized carbons (Fsp3) is 0.0137. The molecule has 0 amide bonds. The van der Waals surface area contributed by atoms with E-state index in [0.717, 1.165) is 33.3 Å². The van der Waals surface area contributed by atoms with Gasteiger partial charge >= 0.3 is 20.4 Å². The number of aryl methyl sites for hydroxylation is 1. The van der Waals surface area contributed by atoms with Crippen LogP contribution in [0.5, 0.6) is 11.5 Å².